The second-order valence-corrected chi connectivity index (χ2v) is 6.44. The van der Waals surface area contributed by atoms with Gasteiger partial charge in [-0.05, 0) is 49.2 Å². The number of aryl methyl sites for hydroxylation is 1. The summed E-state index contributed by atoms with van der Waals surface area (Å²) in [5.41, 5.74) is 1.94. The van der Waals surface area contributed by atoms with E-state index in [9.17, 15) is 9.59 Å². The van der Waals surface area contributed by atoms with Crippen molar-refractivity contribution in [2.24, 2.45) is 0 Å². The first kappa shape index (κ1) is 19.2. The highest BCUT2D eigenvalue weighted by Gasteiger charge is 2.16. The average molecular weight is 376 g/mol. The summed E-state index contributed by atoms with van der Waals surface area (Å²) < 4.78 is 11.0. The Labute approximate surface area is 162 Å². The number of rotatable bonds is 6. The molecule has 0 saturated heterocycles. The second-order valence-electron chi connectivity index (χ2n) is 6.44. The molecule has 3 aromatic rings. The molecule has 1 atom stereocenters. The zero-order valence-electron chi connectivity index (χ0n) is 15.7. The van der Waals surface area contributed by atoms with Crippen LogP contribution in [0.25, 0.3) is 11.0 Å². The molecule has 0 saturated carbocycles. The van der Waals surface area contributed by atoms with E-state index in [1.165, 1.54) is 6.07 Å². The second kappa shape index (κ2) is 8.40. The van der Waals surface area contributed by atoms with E-state index < -0.39 is 11.7 Å². The van der Waals surface area contributed by atoms with Crippen LogP contribution in [0, 0.1) is 11.3 Å². The molecule has 6 heteroatoms. The van der Waals surface area contributed by atoms with Crippen LogP contribution in [-0.4, -0.2) is 12.0 Å². The van der Waals surface area contributed by atoms with Crippen LogP contribution in [0.4, 0.5) is 5.69 Å². The number of carbonyl (C=O) groups excluding carboxylic acids is 1. The number of nitrogens with zero attached hydrogens (tertiary/aromatic N) is 1. The molecule has 1 amide bonds. The number of amides is 1. The third-order valence-corrected chi connectivity index (χ3v) is 4.26. The summed E-state index contributed by atoms with van der Waals surface area (Å²) in [5, 5.41) is 12.5. The van der Waals surface area contributed by atoms with Crippen molar-refractivity contribution in [1.82, 2.24) is 0 Å². The minimum absolute atomic E-state index is 0.351. The molecule has 6 nitrogen and oxygen atoms in total. The molecule has 28 heavy (non-hydrogen) atoms. The molecule has 1 heterocycles. The molecule has 0 aliphatic heterocycles. The fraction of sp³-hybridized carbons (Fsp3) is 0.227. The number of hydrogen-bond acceptors (Lipinski definition) is 5. The van der Waals surface area contributed by atoms with Crippen LogP contribution in [0.2, 0.25) is 0 Å². The molecule has 2 aromatic carbocycles. The Kier molecular flexibility index (Phi) is 5.75. The van der Waals surface area contributed by atoms with Crippen molar-refractivity contribution in [1.29, 1.82) is 5.26 Å². The van der Waals surface area contributed by atoms with Gasteiger partial charge in [0.2, 0.25) is 0 Å². The number of carbonyl (C=O) groups is 1. The molecule has 0 bridgehead atoms. The smallest absolute Gasteiger partial charge is 0.336 e. The van der Waals surface area contributed by atoms with Crippen molar-refractivity contribution in [3.8, 4) is 11.8 Å². The maximum Gasteiger partial charge on any atom is 0.336 e. The Hall–Kier alpha value is -3.59. The third kappa shape index (κ3) is 4.38. The van der Waals surface area contributed by atoms with Crippen molar-refractivity contribution >= 4 is 22.6 Å². The highest BCUT2D eigenvalue weighted by molar-refractivity contribution is 5.94. The summed E-state index contributed by atoms with van der Waals surface area (Å²) in [6.45, 7) is 3.67. The summed E-state index contributed by atoms with van der Waals surface area (Å²) in [6, 6.07) is 15.4. The SMILES string of the molecule is CCCc1cc(=O)oc2cc(OC(C)C(=O)Nc3cccc(C#N)c3)ccc12. The van der Waals surface area contributed by atoms with Crippen molar-refractivity contribution in [2.45, 2.75) is 32.8 Å². The number of nitrogens with one attached hydrogen (secondary N) is 1. The minimum atomic E-state index is -0.784. The average Bonchev–Trinajstić information content (AvgIpc) is 2.68. The first-order chi connectivity index (χ1) is 13.5. The fourth-order valence-corrected chi connectivity index (χ4v) is 2.93. The Morgan fingerprint density at radius 2 is 2.07 bits per heavy atom. The van der Waals surface area contributed by atoms with Crippen molar-refractivity contribution < 1.29 is 13.9 Å². The lowest BCUT2D eigenvalue weighted by molar-refractivity contribution is -0.122. The number of anilines is 1. The molecule has 1 N–H and O–H groups in total. The summed E-state index contributed by atoms with van der Waals surface area (Å²) in [6.07, 6.45) is 0.915. The van der Waals surface area contributed by atoms with Crippen LogP contribution < -0.4 is 15.7 Å². The third-order valence-electron chi connectivity index (χ3n) is 4.26. The maximum absolute atomic E-state index is 12.4. The first-order valence-electron chi connectivity index (χ1n) is 9.04. The lowest BCUT2D eigenvalue weighted by Gasteiger charge is -2.15. The van der Waals surface area contributed by atoms with E-state index in [1.54, 1.807) is 43.3 Å². The van der Waals surface area contributed by atoms with Crippen LogP contribution in [0.3, 0.4) is 0 Å². The van der Waals surface area contributed by atoms with Crippen LogP contribution in [0.15, 0.2) is 57.7 Å². The van der Waals surface area contributed by atoms with Gasteiger partial charge in [0.15, 0.2) is 6.10 Å². The zero-order valence-corrected chi connectivity index (χ0v) is 15.7. The minimum Gasteiger partial charge on any atom is -0.481 e. The highest BCUT2D eigenvalue weighted by atomic mass is 16.5. The van der Waals surface area contributed by atoms with E-state index in [0.717, 1.165) is 23.8 Å². The van der Waals surface area contributed by atoms with Gasteiger partial charge < -0.3 is 14.5 Å². The number of fused-ring (bicyclic) bond motifs is 1. The predicted octanol–water partition coefficient (Wildman–Crippen LogP) is 4.02. The summed E-state index contributed by atoms with van der Waals surface area (Å²) in [7, 11) is 0. The lowest BCUT2D eigenvalue weighted by Crippen LogP contribution is -2.30. The standard InChI is InChI=1S/C22H20N2O4/c1-3-5-16-11-21(25)28-20-12-18(8-9-19(16)20)27-14(2)22(26)24-17-7-4-6-15(10-17)13-23/h4,6-12,14H,3,5H2,1-2H3,(H,24,26). The Morgan fingerprint density at radius 1 is 1.25 bits per heavy atom. The van der Waals surface area contributed by atoms with Crippen LogP contribution >= 0.6 is 0 Å². The molecule has 0 aliphatic rings. The Bertz CT molecular complexity index is 1110. The summed E-state index contributed by atoms with van der Waals surface area (Å²) in [5.74, 6) is 0.0779. The van der Waals surface area contributed by atoms with E-state index >= 15 is 0 Å². The normalized spacial score (nSPS) is 11.6. The maximum atomic E-state index is 12.4. The van der Waals surface area contributed by atoms with Crippen LogP contribution in [-0.2, 0) is 11.2 Å². The molecule has 1 unspecified atom stereocenters. The van der Waals surface area contributed by atoms with Crippen molar-refractivity contribution in [2.75, 3.05) is 5.32 Å². The highest BCUT2D eigenvalue weighted by Crippen LogP contribution is 2.24. The molecule has 142 valence electrons. The number of nitriles is 1. The Morgan fingerprint density at radius 3 is 2.82 bits per heavy atom. The largest absolute Gasteiger partial charge is 0.481 e. The van der Waals surface area contributed by atoms with Gasteiger partial charge in [0, 0.05) is 23.2 Å². The van der Waals surface area contributed by atoms with Gasteiger partial charge in [0.25, 0.3) is 5.91 Å². The van der Waals surface area contributed by atoms with Gasteiger partial charge in [-0.25, -0.2) is 4.79 Å². The molecular formula is C22H20N2O4. The summed E-state index contributed by atoms with van der Waals surface area (Å²) in [4.78, 5) is 24.2. The van der Waals surface area contributed by atoms with Gasteiger partial charge >= 0.3 is 5.63 Å². The first-order valence-corrected chi connectivity index (χ1v) is 9.04. The van der Waals surface area contributed by atoms with E-state index in [2.05, 4.69) is 5.32 Å². The van der Waals surface area contributed by atoms with Crippen molar-refractivity contribution in [3.05, 3.63) is 70.1 Å². The molecular weight excluding hydrogens is 356 g/mol. The molecule has 0 aliphatic carbocycles. The number of hydrogen-bond donors (Lipinski definition) is 1. The van der Waals surface area contributed by atoms with Gasteiger partial charge in [-0.2, -0.15) is 5.26 Å². The quantitative estimate of drug-likeness (QED) is 0.656. The van der Waals surface area contributed by atoms with Gasteiger partial charge in [0.05, 0.1) is 11.6 Å². The van der Waals surface area contributed by atoms with Gasteiger partial charge in [0.1, 0.15) is 11.3 Å². The fourth-order valence-electron chi connectivity index (χ4n) is 2.93. The van der Waals surface area contributed by atoms with Gasteiger partial charge in [-0.15, -0.1) is 0 Å². The molecule has 1 aromatic heterocycles. The van der Waals surface area contributed by atoms with Gasteiger partial charge in [-0.1, -0.05) is 19.4 Å². The van der Waals surface area contributed by atoms with E-state index in [1.807, 2.05) is 19.1 Å². The van der Waals surface area contributed by atoms with Crippen LogP contribution in [0.5, 0.6) is 5.75 Å². The molecule has 0 spiro atoms. The van der Waals surface area contributed by atoms with E-state index in [-0.39, 0.29) is 5.91 Å². The summed E-state index contributed by atoms with van der Waals surface area (Å²) >= 11 is 0. The number of benzene rings is 2. The lowest BCUT2D eigenvalue weighted by atomic mass is 10.1. The zero-order chi connectivity index (χ0) is 20.1. The molecule has 3 rings (SSSR count). The van der Waals surface area contributed by atoms with Crippen LogP contribution in [0.1, 0.15) is 31.4 Å². The topological polar surface area (TPSA) is 92.3 Å². The molecule has 0 fully saturated rings. The number of ether oxygens (including phenoxy) is 1. The van der Waals surface area contributed by atoms with Gasteiger partial charge in [-0.3, -0.25) is 4.79 Å². The predicted molar refractivity (Wildman–Crippen MR) is 106 cm³/mol. The Balaban J connectivity index is 1.76. The van der Waals surface area contributed by atoms with Crippen molar-refractivity contribution in [3.63, 3.8) is 0 Å². The van der Waals surface area contributed by atoms with E-state index in [0.29, 0.717) is 22.6 Å². The molecule has 0 radical (unpaired) electrons. The van der Waals surface area contributed by atoms with E-state index in [4.69, 9.17) is 14.4 Å². The monoisotopic (exact) mass is 376 g/mol.